The van der Waals surface area contributed by atoms with Crippen LogP contribution in [0.15, 0.2) is 66.0 Å². The van der Waals surface area contributed by atoms with Gasteiger partial charge in [0.15, 0.2) is 5.82 Å². The molecule has 10 heteroatoms. The second-order valence-corrected chi connectivity index (χ2v) is 7.99. The molecule has 172 valence electrons. The number of H-pyrrole nitrogens is 1. The van der Waals surface area contributed by atoms with E-state index in [2.05, 4.69) is 16.8 Å². The van der Waals surface area contributed by atoms with Crippen LogP contribution >= 0.6 is 0 Å². The zero-order valence-corrected chi connectivity index (χ0v) is 18.1. The summed E-state index contributed by atoms with van der Waals surface area (Å²) < 4.78 is 20.7. The van der Waals surface area contributed by atoms with Gasteiger partial charge in [-0.05, 0) is 48.9 Å². The van der Waals surface area contributed by atoms with Crippen LogP contribution in [-0.2, 0) is 4.79 Å². The van der Waals surface area contributed by atoms with Crippen molar-refractivity contribution in [1.29, 1.82) is 0 Å². The van der Waals surface area contributed by atoms with Crippen LogP contribution in [0.4, 0.5) is 10.2 Å². The maximum atomic E-state index is 13.4. The molecule has 0 unspecified atom stereocenters. The number of nitrogens with zero attached hydrogens (tertiary/aromatic N) is 4. The molecule has 0 bridgehead atoms. The highest BCUT2D eigenvalue weighted by Crippen LogP contribution is 2.33. The summed E-state index contributed by atoms with van der Waals surface area (Å²) in [6, 6.07) is 12.8. The van der Waals surface area contributed by atoms with Crippen LogP contribution in [0, 0.1) is 5.82 Å². The number of rotatable bonds is 5. The van der Waals surface area contributed by atoms with E-state index in [9.17, 15) is 14.0 Å². The van der Waals surface area contributed by atoms with Gasteiger partial charge in [0.25, 0.3) is 5.56 Å². The molecule has 2 aromatic carbocycles. The van der Waals surface area contributed by atoms with Crippen molar-refractivity contribution in [3.8, 4) is 17.2 Å². The Labute approximate surface area is 193 Å². The summed E-state index contributed by atoms with van der Waals surface area (Å²) in [5.41, 5.74) is 7.33. The minimum Gasteiger partial charge on any atom is -0.457 e. The number of amides is 1. The Morgan fingerprint density at radius 3 is 2.76 bits per heavy atom. The van der Waals surface area contributed by atoms with Gasteiger partial charge in [0, 0.05) is 25.1 Å². The molecule has 3 heterocycles. The zero-order valence-electron chi connectivity index (χ0n) is 18.1. The van der Waals surface area contributed by atoms with Crippen molar-refractivity contribution >= 4 is 22.6 Å². The molecule has 0 radical (unpaired) electrons. The number of anilines is 1. The molecule has 34 heavy (non-hydrogen) atoms. The van der Waals surface area contributed by atoms with Gasteiger partial charge in [-0.3, -0.25) is 9.59 Å². The topological polar surface area (TPSA) is 119 Å². The van der Waals surface area contributed by atoms with E-state index in [1.807, 2.05) is 0 Å². The lowest BCUT2D eigenvalue weighted by Crippen LogP contribution is -2.26. The molecule has 0 saturated carbocycles. The number of nitrogen functional groups attached to an aromatic ring is 1. The predicted molar refractivity (Wildman–Crippen MR) is 125 cm³/mol. The van der Waals surface area contributed by atoms with Crippen molar-refractivity contribution in [3.63, 3.8) is 0 Å². The van der Waals surface area contributed by atoms with E-state index in [1.165, 1.54) is 18.2 Å². The van der Waals surface area contributed by atoms with Crippen LogP contribution in [0.5, 0.6) is 11.5 Å². The summed E-state index contributed by atoms with van der Waals surface area (Å²) in [5.74, 6) is 0.327. The maximum absolute atomic E-state index is 13.4. The number of fused-ring (bicyclic) bond motifs is 1. The number of likely N-dealkylation sites (tertiary alicyclic amines) is 1. The molecule has 2 aromatic heterocycles. The fraction of sp³-hybridized carbons (Fsp3) is 0.167. The van der Waals surface area contributed by atoms with Gasteiger partial charge < -0.3 is 15.4 Å². The first-order valence-corrected chi connectivity index (χ1v) is 10.7. The Balaban J connectivity index is 1.53. The van der Waals surface area contributed by atoms with Crippen LogP contribution in [0.3, 0.4) is 0 Å². The Kier molecular flexibility index (Phi) is 5.33. The van der Waals surface area contributed by atoms with Gasteiger partial charge >= 0.3 is 0 Å². The van der Waals surface area contributed by atoms with Crippen molar-refractivity contribution in [2.75, 3.05) is 18.8 Å². The summed E-state index contributed by atoms with van der Waals surface area (Å²) in [6.07, 6.45) is 1.94. The summed E-state index contributed by atoms with van der Waals surface area (Å²) in [6.45, 7) is 4.52. The van der Waals surface area contributed by atoms with Gasteiger partial charge in [-0.15, -0.1) is 0 Å². The Morgan fingerprint density at radius 1 is 1.24 bits per heavy atom. The lowest BCUT2D eigenvalue weighted by molar-refractivity contribution is -0.125. The quantitative estimate of drug-likeness (QED) is 0.442. The van der Waals surface area contributed by atoms with E-state index in [0.29, 0.717) is 53.3 Å². The summed E-state index contributed by atoms with van der Waals surface area (Å²) in [5, 5.41) is 11.4. The largest absolute Gasteiger partial charge is 0.457 e. The molecule has 1 saturated heterocycles. The van der Waals surface area contributed by atoms with Gasteiger partial charge in [-0.2, -0.15) is 10.2 Å². The average Bonchev–Trinajstić information content (AvgIpc) is 3.48. The second-order valence-electron chi connectivity index (χ2n) is 7.99. The smallest absolute Gasteiger partial charge is 0.275 e. The molecular formula is C24H21FN6O3. The SMILES string of the molecule is C=CC(=O)N1CC[C@@H](c2nn(-c3ccc(Oc4cccc(F)c4)cc3)c3c(N)n[nH]c(=O)c23)C1. The number of aromatic nitrogens is 4. The molecule has 1 aliphatic heterocycles. The first kappa shape index (κ1) is 21.4. The highest BCUT2D eigenvalue weighted by Gasteiger charge is 2.31. The Hall–Kier alpha value is -4.47. The van der Waals surface area contributed by atoms with E-state index < -0.39 is 11.4 Å². The number of carbonyl (C=O) groups is 1. The van der Waals surface area contributed by atoms with E-state index in [0.717, 1.165) is 0 Å². The summed E-state index contributed by atoms with van der Waals surface area (Å²) in [7, 11) is 0. The number of halogens is 1. The third kappa shape index (κ3) is 3.79. The number of benzene rings is 2. The van der Waals surface area contributed by atoms with Crippen molar-refractivity contribution in [2.24, 2.45) is 0 Å². The van der Waals surface area contributed by atoms with E-state index in [-0.39, 0.29) is 17.6 Å². The van der Waals surface area contributed by atoms with Crippen molar-refractivity contribution in [2.45, 2.75) is 12.3 Å². The Bertz CT molecular complexity index is 1460. The standard InChI is InChI=1S/C24H21FN6O3/c1-2-19(32)30-11-10-14(13-30)21-20-22(23(26)27-28-24(20)33)31(29-21)16-6-8-17(9-7-16)34-18-5-3-4-15(25)12-18/h2-9,12,14H,1,10-11,13H2,(H2,26,27)(H,28,33)/t14-/m1/s1. The third-order valence-electron chi connectivity index (χ3n) is 5.83. The molecule has 5 rings (SSSR count). The molecule has 4 aromatic rings. The molecule has 0 spiro atoms. The number of aromatic amines is 1. The number of nitrogens with one attached hydrogen (secondary N) is 1. The molecule has 0 aliphatic carbocycles. The predicted octanol–water partition coefficient (Wildman–Crippen LogP) is 3.12. The fourth-order valence-electron chi connectivity index (χ4n) is 4.22. The van der Waals surface area contributed by atoms with Crippen molar-refractivity contribution in [3.05, 3.63) is 83.1 Å². The lowest BCUT2D eigenvalue weighted by atomic mass is 10.0. The van der Waals surface area contributed by atoms with E-state index in [1.54, 1.807) is 46.0 Å². The van der Waals surface area contributed by atoms with Crippen LogP contribution in [0.2, 0.25) is 0 Å². The van der Waals surface area contributed by atoms with Crippen LogP contribution in [0.25, 0.3) is 16.6 Å². The van der Waals surface area contributed by atoms with Crippen LogP contribution < -0.4 is 16.0 Å². The van der Waals surface area contributed by atoms with Gasteiger partial charge in [0.2, 0.25) is 5.91 Å². The van der Waals surface area contributed by atoms with Crippen molar-refractivity contribution < 1.29 is 13.9 Å². The minimum atomic E-state index is -0.398. The second kappa shape index (κ2) is 8.47. The van der Waals surface area contributed by atoms with Crippen molar-refractivity contribution in [1.82, 2.24) is 24.9 Å². The first-order valence-electron chi connectivity index (χ1n) is 10.7. The van der Waals surface area contributed by atoms with Gasteiger partial charge in [0.1, 0.15) is 22.8 Å². The van der Waals surface area contributed by atoms with Gasteiger partial charge in [-0.25, -0.2) is 14.2 Å². The van der Waals surface area contributed by atoms with Gasteiger partial charge in [-0.1, -0.05) is 12.6 Å². The highest BCUT2D eigenvalue weighted by atomic mass is 19.1. The van der Waals surface area contributed by atoms with Crippen LogP contribution in [0.1, 0.15) is 18.0 Å². The molecule has 9 nitrogen and oxygen atoms in total. The van der Waals surface area contributed by atoms with E-state index in [4.69, 9.17) is 15.6 Å². The summed E-state index contributed by atoms with van der Waals surface area (Å²) >= 11 is 0. The molecule has 1 aliphatic rings. The number of hydrogen-bond donors (Lipinski definition) is 2. The lowest BCUT2D eigenvalue weighted by Gasteiger charge is -2.13. The highest BCUT2D eigenvalue weighted by molar-refractivity contribution is 5.91. The summed E-state index contributed by atoms with van der Waals surface area (Å²) in [4.78, 5) is 26.5. The molecule has 1 amide bonds. The average molecular weight is 460 g/mol. The molecule has 1 atom stereocenters. The van der Waals surface area contributed by atoms with E-state index >= 15 is 0 Å². The minimum absolute atomic E-state index is 0.130. The number of ether oxygens (including phenoxy) is 1. The molecular weight excluding hydrogens is 439 g/mol. The molecule has 1 fully saturated rings. The Morgan fingerprint density at radius 2 is 2.03 bits per heavy atom. The fourth-order valence-corrected chi connectivity index (χ4v) is 4.22. The number of carbonyl (C=O) groups excluding carboxylic acids is 1. The molecule has 3 N–H and O–H groups in total. The third-order valence-corrected chi connectivity index (χ3v) is 5.83. The first-order chi connectivity index (χ1) is 16.4. The number of hydrogen-bond acceptors (Lipinski definition) is 6. The normalized spacial score (nSPS) is 15.6. The monoisotopic (exact) mass is 460 g/mol. The van der Waals surface area contributed by atoms with Gasteiger partial charge in [0.05, 0.1) is 16.8 Å². The number of nitrogens with two attached hydrogens (primary N) is 1. The van der Waals surface area contributed by atoms with Crippen LogP contribution in [-0.4, -0.2) is 43.9 Å². The zero-order chi connectivity index (χ0) is 23.8. The maximum Gasteiger partial charge on any atom is 0.275 e.